The van der Waals surface area contributed by atoms with Gasteiger partial charge in [-0.25, -0.2) is 0 Å². The van der Waals surface area contributed by atoms with Gasteiger partial charge in [0, 0.05) is 35.1 Å². The van der Waals surface area contributed by atoms with Gasteiger partial charge < -0.3 is 20.1 Å². The van der Waals surface area contributed by atoms with Crippen LogP contribution < -0.4 is 20.1 Å². The Labute approximate surface area is 226 Å². The second kappa shape index (κ2) is 11.0. The summed E-state index contributed by atoms with van der Waals surface area (Å²) in [7, 11) is 0. The topological polar surface area (TPSA) is 88.3 Å². The molecule has 6 rings (SSSR count). The van der Waals surface area contributed by atoms with Crippen molar-refractivity contribution in [3.8, 4) is 22.8 Å². The van der Waals surface area contributed by atoms with Crippen molar-refractivity contribution in [3.05, 3.63) is 132 Å². The zero-order chi connectivity index (χ0) is 26.4. The Morgan fingerprint density at radius 3 is 2.03 bits per heavy atom. The quantitative estimate of drug-likeness (QED) is 0.192. The lowest BCUT2D eigenvalue weighted by Crippen LogP contribution is -2.05. The number of hydrogen-bond acceptors (Lipinski definition) is 5. The van der Waals surface area contributed by atoms with Crippen LogP contribution in [0.2, 0.25) is 0 Å². The Bertz CT molecular complexity index is 1570. The monoisotopic (exact) mass is 514 g/mol. The fraction of sp³-hybridized carbons (Fsp3) is 0.0625. The van der Waals surface area contributed by atoms with E-state index >= 15 is 0 Å². The number of fused-ring (bicyclic) bond motifs is 1. The number of H-pyrrole nitrogens is 1. The summed E-state index contributed by atoms with van der Waals surface area (Å²) in [6.45, 7) is 0.875. The number of para-hydroxylation sites is 1. The molecule has 2 heterocycles. The van der Waals surface area contributed by atoms with Gasteiger partial charge in [-0.2, -0.15) is 5.10 Å². The number of nitrogens with zero attached hydrogens (tertiary/aromatic N) is 1. The van der Waals surface area contributed by atoms with Crippen molar-refractivity contribution in [2.24, 2.45) is 0 Å². The van der Waals surface area contributed by atoms with Crippen molar-refractivity contribution in [2.75, 3.05) is 10.6 Å². The Balaban J connectivity index is 1.23. The van der Waals surface area contributed by atoms with Crippen LogP contribution >= 0.6 is 0 Å². The highest BCUT2D eigenvalue weighted by atomic mass is 16.5. The second-order valence-corrected chi connectivity index (χ2v) is 9.11. The second-order valence-electron chi connectivity index (χ2n) is 9.11. The SMILES string of the molecule is O=C1Nc2ccccc2/C1=C\Nc1cc(-c2cc(OCc3ccccc3)cc(OCc3ccccc3)c2)n[nH]1. The number of nitrogens with one attached hydrogen (secondary N) is 3. The predicted molar refractivity (Wildman–Crippen MR) is 152 cm³/mol. The van der Waals surface area contributed by atoms with Crippen LogP contribution in [0.5, 0.6) is 11.5 Å². The van der Waals surface area contributed by atoms with Gasteiger partial charge in [0.05, 0.1) is 11.3 Å². The summed E-state index contributed by atoms with van der Waals surface area (Å²) in [6, 6.07) is 35.3. The van der Waals surface area contributed by atoms with Crippen molar-refractivity contribution < 1.29 is 14.3 Å². The van der Waals surface area contributed by atoms with Gasteiger partial charge in [-0.15, -0.1) is 0 Å². The third kappa shape index (κ3) is 5.67. The molecule has 0 fully saturated rings. The van der Waals surface area contributed by atoms with Crippen LogP contribution in [-0.2, 0) is 18.0 Å². The zero-order valence-corrected chi connectivity index (χ0v) is 21.1. The maximum Gasteiger partial charge on any atom is 0.257 e. The summed E-state index contributed by atoms with van der Waals surface area (Å²) in [5, 5.41) is 13.5. The maximum atomic E-state index is 12.4. The highest BCUT2D eigenvalue weighted by Crippen LogP contribution is 2.33. The summed E-state index contributed by atoms with van der Waals surface area (Å²) >= 11 is 0. The largest absolute Gasteiger partial charge is 0.489 e. The number of ether oxygens (including phenoxy) is 2. The van der Waals surface area contributed by atoms with E-state index < -0.39 is 0 Å². The van der Waals surface area contributed by atoms with Gasteiger partial charge in [-0.1, -0.05) is 78.9 Å². The molecule has 39 heavy (non-hydrogen) atoms. The summed E-state index contributed by atoms with van der Waals surface area (Å²) in [5.74, 6) is 1.86. The molecule has 1 aliphatic rings. The van der Waals surface area contributed by atoms with E-state index in [4.69, 9.17) is 9.47 Å². The molecule has 4 aromatic carbocycles. The molecule has 1 aliphatic heterocycles. The number of aromatic amines is 1. The van der Waals surface area contributed by atoms with E-state index in [1.54, 1.807) is 6.20 Å². The molecule has 0 aliphatic carbocycles. The molecule has 192 valence electrons. The van der Waals surface area contributed by atoms with Gasteiger partial charge in [-0.05, 0) is 29.3 Å². The molecule has 3 N–H and O–H groups in total. The van der Waals surface area contributed by atoms with Crippen LogP contribution in [0.3, 0.4) is 0 Å². The van der Waals surface area contributed by atoms with Crippen molar-refractivity contribution in [1.82, 2.24) is 10.2 Å². The Morgan fingerprint density at radius 2 is 1.36 bits per heavy atom. The van der Waals surface area contributed by atoms with Crippen LogP contribution in [-0.4, -0.2) is 16.1 Å². The maximum absolute atomic E-state index is 12.4. The van der Waals surface area contributed by atoms with Gasteiger partial charge in [0.15, 0.2) is 0 Å². The lowest BCUT2D eigenvalue weighted by Gasteiger charge is -2.12. The fourth-order valence-electron chi connectivity index (χ4n) is 4.34. The third-order valence-corrected chi connectivity index (χ3v) is 6.33. The standard InChI is InChI=1S/C32H26N4O3/c37-32-28(27-13-7-8-14-29(27)34-32)19-33-31-18-30(35-36-31)24-15-25(38-20-22-9-3-1-4-10-22)17-26(16-24)39-21-23-11-5-2-6-12-23/h1-19H,20-21H2,(H,34,37)(H2,33,35,36)/b28-19+. The van der Waals surface area contributed by atoms with Gasteiger partial charge in [-0.3, -0.25) is 9.89 Å². The summed E-state index contributed by atoms with van der Waals surface area (Å²) in [5.41, 5.74) is 5.92. The highest BCUT2D eigenvalue weighted by molar-refractivity contribution is 6.31. The normalized spacial score (nSPS) is 13.1. The van der Waals surface area contributed by atoms with E-state index in [1.165, 1.54) is 0 Å². The Kier molecular flexibility index (Phi) is 6.78. The summed E-state index contributed by atoms with van der Waals surface area (Å²) < 4.78 is 12.3. The molecule has 0 atom stereocenters. The average molecular weight is 515 g/mol. The number of amides is 1. The average Bonchev–Trinajstić information content (AvgIpc) is 3.58. The van der Waals surface area contributed by atoms with E-state index in [9.17, 15) is 4.79 Å². The van der Waals surface area contributed by atoms with Gasteiger partial charge in [0.2, 0.25) is 0 Å². The lowest BCUT2D eigenvalue weighted by atomic mass is 10.1. The third-order valence-electron chi connectivity index (χ3n) is 6.33. The summed E-state index contributed by atoms with van der Waals surface area (Å²) in [4.78, 5) is 12.4. The Morgan fingerprint density at radius 1 is 0.744 bits per heavy atom. The number of hydrogen-bond donors (Lipinski definition) is 3. The first-order valence-corrected chi connectivity index (χ1v) is 12.6. The van der Waals surface area contributed by atoms with Crippen molar-refractivity contribution in [3.63, 3.8) is 0 Å². The van der Waals surface area contributed by atoms with Gasteiger partial charge in [0.25, 0.3) is 5.91 Å². The first-order chi connectivity index (χ1) is 19.2. The Hall–Kier alpha value is -5.30. The van der Waals surface area contributed by atoms with E-state index in [1.807, 2.05) is 109 Å². The number of aromatic nitrogens is 2. The molecule has 1 amide bonds. The molecular formula is C32H26N4O3. The molecule has 5 aromatic rings. The number of rotatable bonds is 9. The van der Waals surface area contributed by atoms with Crippen LogP contribution in [0.1, 0.15) is 16.7 Å². The van der Waals surface area contributed by atoms with Gasteiger partial charge in [0.1, 0.15) is 30.5 Å². The minimum Gasteiger partial charge on any atom is -0.489 e. The van der Waals surface area contributed by atoms with Crippen LogP contribution in [0.25, 0.3) is 16.8 Å². The zero-order valence-electron chi connectivity index (χ0n) is 21.1. The minimum atomic E-state index is -0.146. The lowest BCUT2D eigenvalue weighted by molar-refractivity contribution is -0.110. The predicted octanol–water partition coefficient (Wildman–Crippen LogP) is 6.64. The first kappa shape index (κ1) is 24.1. The summed E-state index contributed by atoms with van der Waals surface area (Å²) in [6.07, 6.45) is 1.69. The smallest absolute Gasteiger partial charge is 0.257 e. The molecule has 1 aromatic heterocycles. The van der Waals surface area contributed by atoms with Crippen molar-refractivity contribution in [2.45, 2.75) is 13.2 Å². The van der Waals surface area contributed by atoms with Crippen LogP contribution in [0.15, 0.2) is 115 Å². The van der Waals surface area contributed by atoms with E-state index in [2.05, 4.69) is 20.8 Å². The first-order valence-electron chi connectivity index (χ1n) is 12.6. The molecule has 0 bridgehead atoms. The van der Waals surface area contributed by atoms with Crippen molar-refractivity contribution in [1.29, 1.82) is 0 Å². The molecule has 0 spiro atoms. The van der Waals surface area contributed by atoms with E-state index in [0.717, 1.165) is 27.9 Å². The number of carbonyl (C=O) groups is 1. The van der Waals surface area contributed by atoms with Gasteiger partial charge >= 0.3 is 0 Å². The number of benzene rings is 4. The number of carbonyl (C=O) groups excluding carboxylic acids is 1. The molecular weight excluding hydrogens is 488 g/mol. The van der Waals surface area contributed by atoms with Crippen LogP contribution in [0, 0.1) is 0 Å². The molecule has 0 saturated heterocycles. The van der Waals surface area contributed by atoms with Crippen molar-refractivity contribution >= 4 is 23.0 Å². The molecule has 0 radical (unpaired) electrons. The number of anilines is 2. The molecule has 0 unspecified atom stereocenters. The minimum absolute atomic E-state index is 0.146. The van der Waals surface area contributed by atoms with Crippen LogP contribution in [0.4, 0.5) is 11.5 Å². The molecule has 0 saturated carbocycles. The molecule has 7 heteroatoms. The van der Waals surface area contributed by atoms with E-state index in [0.29, 0.717) is 41.8 Å². The van der Waals surface area contributed by atoms with E-state index in [-0.39, 0.29) is 5.91 Å². The highest BCUT2D eigenvalue weighted by Gasteiger charge is 2.23. The molecule has 7 nitrogen and oxygen atoms in total. The fourth-order valence-corrected chi connectivity index (χ4v) is 4.34.